The molecule has 0 aliphatic heterocycles. The lowest BCUT2D eigenvalue weighted by Gasteiger charge is -2.03. The van der Waals surface area contributed by atoms with Crippen LogP contribution in [0.25, 0.3) is 11.5 Å². The first-order valence-electron chi connectivity index (χ1n) is 6.92. The number of benzene rings is 1. The van der Waals surface area contributed by atoms with Crippen molar-refractivity contribution >= 4 is 5.97 Å². The highest BCUT2D eigenvalue weighted by Gasteiger charge is 2.20. The fourth-order valence-corrected chi connectivity index (χ4v) is 2.01. The number of nitrogens with zero attached hydrogens (tertiary/aromatic N) is 1. The van der Waals surface area contributed by atoms with Crippen LogP contribution in [0.5, 0.6) is 0 Å². The molecular weight excluding hydrogens is 273 g/mol. The van der Waals surface area contributed by atoms with E-state index in [4.69, 9.17) is 9.15 Å². The van der Waals surface area contributed by atoms with Crippen LogP contribution in [-0.4, -0.2) is 17.6 Å². The van der Waals surface area contributed by atoms with Gasteiger partial charge in [0.25, 0.3) is 0 Å². The van der Waals surface area contributed by atoms with Crippen LogP contribution < -0.4 is 0 Å². The van der Waals surface area contributed by atoms with E-state index in [1.807, 2.05) is 13.8 Å². The number of hydrogen-bond acceptors (Lipinski definition) is 4. The van der Waals surface area contributed by atoms with Gasteiger partial charge in [0, 0.05) is 11.5 Å². The van der Waals surface area contributed by atoms with Gasteiger partial charge >= 0.3 is 5.97 Å². The van der Waals surface area contributed by atoms with Gasteiger partial charge in [0.05, 0.1) is 18.7 Å². The average Bonchev–Trinajstić information content (AvgIpc) is 2.83. The number of aromatic nitrogens is 1. The smallest absolute Gasteiger partial charge is 0.311 e. The minimum absolute atomic E-state index is 0.0754. The third-order valence-electron chi connectivity index (χ3n) is 2.96. The Hall–Kier alpha value is -2.17. The number of carbonyl (C=O) groups excluding carboxylic acids is 1. The number of oxazole rings is 1. The van der Waals surface area contributed by atoms with Gasteiger partial charge in [0.15, 0.2) is 0 Å². The number of hydrogen-bond donors (Lipinski definition) is 0. The summed E-state index contributed by atoms with van der Waals surface area (Å²) >= 11 is 0. The summed E-state index contributed by atoms with van der Waals surface area (Å²) in [4.78, 5) is 16.0. The highest BCUT2D eigenvalue weighted by molar-refractivity contribution is 5.72. The van der Waals surface area contributed by atoms with E-state index in [1.54, 1.807) is 19.1 Å². The molecule has 1 aromatic carbocycles. The Morgan fingerprint density at radius 3 is 2.57 bits per heavy atom. The number of rotatable bonds is 5. The van der Waals surface area contributed by atoms with Crippen molar-refractivity contribution < 1.29 is 18.3 Å². The zero-order chi connectivity index (χ0) is 15.4. The second kappa shape index (κ2) is 6.52. The lowest BCUT2D eigenvalue weighted by molar-refractivity contribution is -0.142. The van der Waals surface area contributed by atoms with E-state index >= 15 is 0 Å². The molecule has 2 aromatic rings. The van der Waals surface area contributed by atoms with E-state index in [9.17, 15) is 9.18 Å². The van der Waals surface area contributed by atoms with Crippen molar-refractivity contribution in [2.24, 2.45) is 0 Å². The van der Waals surface area contributed by atoms with Crippen molar-refractivity contribution in [3.8, 4) is 11.5 Å². The third-order valence-corrected chi connectivity index (χ3v) is 2.96. The molecule has 0 atom stereocenters. The molecule has 0 radical (unpaired) electrons. The fourth-order valence-electron chi connectivity index (χ4n) is 2.01. The minimum Gasteiger partial charge on any atom is -0.466 e. The van der Waals surface area contributed by atoms with Crippen LogP contribution in [0.4, 0.5) is 4.39 Å². The van der Waals surface area contributed by atoms with E-state index < -0.39 is 0 Å². The molecule has 0 saturated heterocycles. The summed E-state index contributed by atoms with van der Waals surface area (Å²) in [6.07, 6.45) is 0.0754. The first kappa shape index (κ1) is 15.2. The summed E-state index contributed by atoms with van der Waals surface area (Å²) in [5.74, 6) is 0.482. The van der Waals surface area contributed by atoms with E-state index in [-0.39, 0.29) is 24.1 Å². The summed E-state index contributed by atoms with van der Waals surface area (Å²) < 4.78 is 23.6. The quantitative estimate of drug-likeness (QED) is 0.788. The second-order valence-corrected chi connectivity index (χ2v) is 4.97. The average molecular weight is 291 g/mol. The van der Waals surface area contributed by atoms with E-state index in [1.165, 1.54) is 12.1 Å². The van der Waals surface area contributed by atoms with Gasteiger partial charge in [0.2, 0.25) is 5.89 Å². The maximum Gasteiger partial charge on any atom is 0.311 e. The predicted molar refractivity (Wildman–Crippen MR) is 76.3 cm³/mol. The van der Waals surface area contributed by atoms with Gasteiger partial charge in [-0.2, -0.15) is 0 Å². The monoisotopic (exact) mass is 291 g/mol. The Bertz CT molecular complexity index is 617. The van der Waals surface area contributed by atoms with Crippen LogP contribution in [-0.2, 0) is 16.0 Å². The van der Waals surface area contributed by atoms with Gasteiger partial charge in [-0.3, -0.25) is 4.79 Å². The van der Waals surface area contributed by atoms with Gasteiger partial charge in [0.1, 0.15) is 11.6 Å². The molecular formula is C16H18FNO3. The molecule has 0 N–H and O–H groups in total. The molecule has 2 rings (SSSR count). The molecule has 0 fully saturated rings. The fraction of sp³-hybridized carbons (Fsp3) is 0.375. The third kappa shape index (κ3) is 3.68. The molecule has 0 saturated carbocycles. The molecule has 0 spiro atoms. The van der Waals surface area contributed by atoms with Crippen molar-refractivity contribution in [1.29, 1.82) is 0 Å². The van der Waals surface area contributed by atoms with E-state index in [0.717, 1.165) is 0 Å². The van der Waals surface area contributed by atoms with Gasteiger partial charge < -0.3 is 9.15 Å². The van der Waals surface area contributed by atoms with Crippen LogP contribution in [0, 0.1) is 5.82 Å². The standard InChI is InChI=1S/C16H18FNO3/c1-4-20-14(19)9-13-15(10(2)3)21-16(18-13)11-5-7-12(17)8-6-11/h5-8,10H,4,9H2,1-3H3. The van der Waals surface area contributed by atoms with E-state index in [0.29, 0.717) is 29.5 Å². The Kier molecular flexibility index (Phi) is 4.73. The molecule has 21 heavy (non-hydrogen) atoms. The van der Waals surface area contributed by atoms with Gasteiger partial charge in [-0.1, -0.05) is 13.8 Å². The molecule has 5 heteroatoms. The highest BCUT2D eigenvalue weighted by atomic mass is 19.1. The molecule has 0 aliphatic carbocycles. The molecule has 112 valence electrons. The zero-order valence-corrected chi connectivity index (χ0v) is 12.4. The van der Waals surface area contributed by atoms with Gasteiger partial charge in [-0.05, 0) is 31.2 Å². The minimum atomic E-state index is -0.335. The first-order valence-corrected chi connectivity index (χ1v) is 6.92. The van der Waals surface area contributed by atoms with Crippen molar-refractivity contribution in [2.75, 3.05) is 6.61 Å². The molecule has 0 amide bonds. The molecule has 0 bridgehead atoms. The van der Waals surface area contributed by atoms with Crippen LogP contribution in [0.2, 0.25) is 0 Å². The lowest BCUT2D eigenvalue weighted by Crippen LogP contribution is -2.09. The second-order valence-electron chi connectivity index (χ2n) is 4.97. The molecule has 0 aliphatic rings. The summed E-state index contributed by atoms with van der Waals surface area (Å²) in [5.41, 5.74) is 1.25. The Morgan fingerprint density at radius 1 is 1.33 bits per heavy atom. The molecule has 0 unspecified atom stereocenters. The van der Waals surface area contributed by atoms with Crippen molar-refractivity contribution in [2.45, 2.75) is 33.1 Å². The van der Waals surface area contributed by atoms with E-state index in [2.05, 4.69) is 4.98 Å². The summed E-state index contributed by atoms with van der Waals surface area (Å²) in [7, 11) is 0. The van der Waals surface area contributed by atoms with Crippen LogP contribution >= 0.6 is 0 Å². The summed E-state index contributed by atoms with van der Waals surface area (Å²) in [6.45, 7) is 6.01. The Labute approximate surface area is 122 Å². The van der Waals surface area contributed by atoms with Gasteiger partial charge in [-0.15, -0.1) is 0 Å². The SMILES string of the molecule is CCOC(=O)Cc1nc(-c2ccc(F)cc2)oc1C(C)C. The highest BCUT2D eigenvalue weighted by Crippen LogP contribution is 2.27. The van der Waals surface area contributed by atoms with Crippen molar-refractivity contribution in [3.05, 3.63) is 41.5 Å². The number of halogens is 1. The Morgan fingerprint density at radius 2 is 2.00 bits per heavy atom. The summed E-state index contributed by atoms with van der Waals surface area (Å²) in [6, 6.07) is 5.89. The maximum atomic E-state index is 13.0. The van der Waals surface area contributed by atoms with Gasteiger partial charge in [-0.25, -0.2) is 9.37 Å². The predicted octanol–water partition coefficient (Wildman–Crippen LogP) is 3.71. The topological polar surface area (TPSA) is 52.3 Å². The number of esters is 1. The molecule has 4 nitrogen and oxygen atoms in total. The molecule has 1 aromatic heterocycles. The van der Waals surface area contributed by atoms with Crippen molar-refractivity contribution in [1.82, 2.24) is 4.98 Å². The number of ether oxygens (including phenoxy) is 1. The first-order chi connectivity index (χ1) is 10.0. The Balaban J connectivity index is 2.32. The largest absolute Gasteiger partial charge is 0.466 e. The number of carbonyl (C=O) groups is 1. The zero-order valence-electron chi connectivity index (χ0n) is 12.4. The lowest BCUT2D eigenvalue weighted by atomic mass is 10.1. The normalized spacial score (nSPS) is 10.9. The van der Waals surface area contributed by atoms with Crippen LogP contribution in [0.1, 0.15) is 38.1 Å². The maximum absolute atomic E-state index is 13.0. The van der Waals surface area contributed by atoms with Crippen LogP contribution in [0.3, 0.4) is 0 Å². The summed E-state index contributed by atoms with van der Waals surface area (Å²) in [5, 5.41) is 0. The van der Waals surface area contributed by atoms with Crippen molar-refractivity contribution in [3.63, 3.8) is 0 Å². The molecule has 1 heterocycles. The van der Waals surface area contributed by atoms with Crippen LogP contribution in [0.15, 0.2) is 28.7 Å².